The number of carbonyl (C=O) groups is 1. The summed E-state index contributed by atoms with van der Waals surface area (Å²) in [6.45, 7) is 8.41. The number of piperidine rings is 1. The maximum Gasteiger partial charge on any atom is 0.317 e. The van der Waals surface area contributed by atoms with E-state index in [0.717, 1.165) is 31.7 Å². The van der Waals surface area contributed by atoms with Crippen molar-refractivity contribution in [2.75, 3.05) is 31.1 Å². The number of urea groups is 1. The molecule has 0 atom stereocenters. The van der Waals surface area contributed by atoms with Crippen LogP contribution in [0.2, 0.25) is 0 Å². The van der Waals surface area contributed by atoms with E-state index < -0.39 is 0 Å². The summed E-state index contributed by atoms with van der Waals surface area (Å²) in [5.41, 5.74) is 2.45. The van der Waals surface area contributed by atoms with Crippen molar-refractivity contribution < 1.29 is 4.79 Å². The van der Waals surface area contributed by atoms with Crippen LogP contribution in [0.4, 0.5) is 10.5 Å². The summed E-state index contributed by atoms with van der Waals surface area (Å²) in [6, 6.07) is 8.59. The standard InChI is InChI=1S/C17H27N3O/c1-3-19(4-2)17(21)18-14-15-8-10-16(11-9-15)20-12-6-5-7-13-20/h8-11H,3-7,12-14H2,1-2H3,(H,18,21). The van der Waals surface area contributed by atoms with Gasteiger partial charge in [-0.2, -0.15) is 0 Å². The molecule has 0 bridgehead atoms. The number of benzene rings is 1. The number of carbonyl (C=O) groups excluding carboxylic acids is 1. The molecule has 1 aliphatic heterocycles. The number of nitrogens with one attached hydrogen (secondary N) is 1. The molecule has 21 heavy (non-hydrogen) atoms. The molecule has 1 aliphatic rings. The summed E-state index contributed by atoms with van der Waals surface area (Å²) < 4.78 is 0. The van der Waals surface area contributed by atoms with Gasteiger partial charge >= 0.3 is 6.03 Å². The Balaban J connectivity index is 1.86. The van der Waals surface area contributed by atoms with Gasteiger partial charge in [0, 0.05) is 38.4 Å². The Hall–Kier alpha value is -1.71. The van der Waals surface area contributed by atoms with Crippen LogP contribution in [-0.2, 0) is 6.54 Å². The zero-order valence-corrected chi connectivity index (χ0v) is 13.3. The molecule has 0 aliphatic carbocycles. The fourth-order valence-corrected chi connectivity index (χ4v) is 2.78. The van der Waals surface area contributed by atoms with E-state index in [1.807, 2.05) is 13.8 Å². The highest BCUT2D eigenvalue weighted by Gasteiger charge is 2.11. The van der Waals surface area contributed by atoms with Gasteiger partial charge in [-0.15, -0.1) is 0 Å². The van der Waals surface area contributed by atoms with Crippen molar-refractivity contribution in [1.82, 2.24) is 10.2 Å². The first-order chi connectivity index (χ1) is 10.2. The molecule has 1 aromatic carbocycles. The van der Waals surface area contributed by atoms with Crippen molar-refractivity contribution in [3.63, 3.8) is 0 Å². The highest BCUT2D eigenvalue weighted by atomic mass is 16.2. The van der Waals surface area contributed by atoms with Gasteiger partial charge in [0.1, 0.15) is 0 Å². The van der Waals surface area contributed by atoms with Crippen molar-refractivity contribution >= 4 is 11.7 Å². The number of anilines is 1. The number of nitrogens with zero attached hydrogens (tertiary/aromatic N) is 2. The Bertz CT molecular complexity index is 434. The highest BCUT2D eigenvalue weighted by Crippen LogP contribution is 2.20. The molecule has 0 unspecified atom stereocenters. The quantitative estimate of drug-likeness (QED) is 0.903. The molecule has 4 nitrogen and oxygen atoms in total. The second-order valence-electron chi connectivity index (χ2n) is 5.55. The largest absolute Gasteiger partial charge is 0.372 e. The molecule has 116 valence electrons. The van der Waals surface area contributed by atoms with Crippen LogP contribution in [-0.4, -0.2) is 37.1 Å². The first kappa shape index (κ1) is 15.7. The van der Waals surface area contributed by atoms with Gasteiger partial charge in [0.15, 0.2) is 0 Å². The van der Waals surface area contributed by atoms with Crippen LogP contribution in [0.25, 0.3) is 0 Å². The average Bonchev–Trinajstić information content (AvgIpc) is 2.55. The second-order valence-corrected chi connectivity index (χ2v) is 5.55. The predicted octanol–water partition coefficient (Wildman–Crippen LogP) is 3.23. The maximum absolute atomic E-state index is 11.9. The highest BCUT2D eigenvalue weighted by molar-refractivity contribution is 5.74. The molecule has 0 aromatic heterocycles. The topological polar surface area (TPSA) is 35.6 Å². The molecule has 4 heteroatoms. The van der Waals surface area contributed by atoms with Crippen LogP contribution < -0.4 is 10.2 Å². The van der Waals surface area contributed by atoms with Gasteiger partial charge < -0.3 is 15.1 Å². The van der Waals surface area contributed by atoms with Gasteiger partial charge in [-0.25, -0.2) is 4.79 Å². The van der Waals surface area contributed by atoms with Crippen molar-refractivity contribution in [2.24, 2.45) is 0 Å². The first-order valence-corrected chi connectivity index (χ1v) is 8.11. The molecule has 1 aromatic rings. The lowest BCUT2D eigenvalue weighted by molar-refractivity contribution is 0.203. The summed E-state index contributed by atoms with van der Waals surface area (Å²) in [7, 11) is 0. The van der Waals surface area contributed by atoms with Crippen LogP contribution >= 0.6 is 0 Å². The summed E-state index contributed by atoms with van der Waals surface area (Å²) in [5.74, 6) is 0. The van der Waals surface area contributed by atoms with Crippen LogP contribution in [0.5, 0.6) is 0 Å². The summed E-state index contributed by atoms with van der Waals surface area (Å²) in [5, 5.41) is 2.97. The van der Waals surface area contributed by atoms with E-state index >= 15 is 0 Å². The minimum absolute atomic E-state index is 0.0140. The minimum Gasteiger partial charge on any atom is -0.372 e. The van der Waals surface area contributed by atoms with E-state index in [9.17, 15) is 4.79 Å². The molecular formula is C17H27N3O. The third kappa shape index (κ3) is 4.38. The lowest BCUT2D eigenvalue weighted by Crippen LogP contribution is -2.39. The fourth-order valence-electron chi connectivity index (χ4n) is 2.78. The van der Waals surface area contributed by atoms with E-state index in [4.69, 9.17) is 0 Å². The number of hydrogen-bond acceptors (Lipinski definition) is 2. The van der Waals surface area contributed by atoms with Crippen LogP contribution in [0, 0.1) is 0 Å². The zero-order valence-electron chi connectivity index (χ0n) is 13.3. The van der Waals surface area contributed by atoms with E-state index in [0.29, 0.717) is 6.54 Å². The maximum atomic E-state index is 11.9. The summed E-state index contributed by atoms with van der Waals surface area (Å²) >= 11 is 0. The third-order valence-electron chi connectivity index (χ3n) is 4.15. The number of rotatable bonds is 5. The smallest absolute Gasteiger partial charge is 0.317 e. The molecule has 2 amide bonds. The Kier molecular flexibility index (Phi) is 5.90. The molecule has 0 saturated carbocycles. The number of hydrogen-bond donors (Lipinski definition) is 1. The molecule has 1 fully saturated rings. The Morgan fingerprint density at radius 2 is 1.71 bits per heavy atom. The van der Waals surface area contributed by atoms with Crippen molar-refractivity contribution in [3.8, 4) is 0 Å². The van der Waals surface area contributed by atoms with E-state index in [2.05, 4.69) is 34.5 Å². The fraction of sp³-hybridized carbons (Fsp3) is 0.588. The molecule has 1 heterocycles. The van der Waals surface area contributed by atoms with Gasteiger partial charge in [-0.05, 0) is 50.8 Å². The first-order valence-electron chi connectivity index (χ1n) is 8.11. The van der Waals surface area contributed by atoms with Gasteiger partial charge in [-0.3, -0.25) is 0 Å². The monoisotopic (exact) mass is 289 g/mol. The van der Waals surface area contributed by atoms with E-state index in [1.54, 1.807) is 4.90 Å². The van der Waals surface area contributed by atoms with Crippen LogP contribution in [0.3, 0.4) is 0 Å². The zero-order chi connectivity index (χ0) is 15.1. The lowest BCUT2D eigenvalue weighted by Gasteiger charge is -2.28. The Labute approximate surface area is 128 Å². The molecule has 1 N–H and O–H groups in total. The number of amides is 2. The minimum atomic E-state index is 0.0140. The molecule has 0 radical (unpaired) electrons. The van der Waals surface area contributed by atoms with E-state index in [1.165, 1.54) is 24.9 Å². The average molecular weight is 289 g/mol. The summed E-state index contributed by atoms with van der Waals surface area (Å²) in [6.07, 6.45) is 3.94. The van der Waals surface area contributed by atoms with Gasteiger partial charge in [0.25, 0.3) is 0 Å². The van der Waals surface area contributed by atoms with Gasteiger partial charge in [-0.1, -0.05) is 12.1 Å². The van der Waals surface area contributed by atoms with Gasteiger partial charge in [0.2, 0.25) is 0 Å². The summed E-state index contributed by atoms with van der Waals surface area (Å²) in [4.78, 5) is 16.1. The third-order valence-corrected chi connectivity index (χ3v) is 4.15. The van der Waals surface area contributed by atoms with Crippen LogP contribution in [0.15, 0.2) is 24.3 Å². The molecule has 2 rings (SSSR count). The van der Waals surface area contributed by atoms with Crippen molar-refractivity contribution in [2.45, 2.75) is 39.7 Å². The second kappa shape index (κ2) is 7.91. The van der Waals surface area contributed by atoms with Crippen molar-refractivity contribution in [1.29, 1.82) is 0 Å². The normalized spacial score (nSPS) is 14.9. The molecule has 0 spiro atoms. The van der Waals surface area contributed by atoms with Crippen LogP contribution in [0.1, 0.15) is 38.7 Å². The SMILES string of the molecule is CCN(CC)C(=O)NCc1ccc(N2CCCCC2)cc1. The van der Waals surface area contributed by atoms with Gasteiger partial charge in [0.05, 0.1) is 0 Å². The molecular weight excluding hydrogens is 262 g/mol. The Morgan fingerprint density at radius 3 is 2.29 bits per heavy atom. The predicted molar refractivity (Wildman–Crippen MR) is 87.7 cm³/mol. The lowest BCUT2D eigenvalue weighted by atomic mass is 10.1. The Morgan fingerprint density at radius 1 is 1.10 bits per heavy atom. The van der Waals surface area contributed by atoms with E-state index in [-0.39, 0.29) is 6.03 Å². The van der Waals surface area contributed by atoms with Crippen molar-refractivity contribution in [3.05, 3.63) is 29.8 Å². The molecule has 1 saturated heterocycles.